The number of hydrogen-bond donors (Lipinski definition) is 8. The third kappa shape index (κ3) is 8.70. The van der Waals surface area contributed by atoms with Gasteiger partial charge in [-0.25, -0.2) is 9.79 Å². The van der Waals surface area contributed by atoms with Crippen molar-refractivity contribution in [2.24, 2.45) is 4.99 Å². The largest absolute Gasteiger partial charge is 0.506 e. The van der Waals surface area contributed by atoms with Gasteiger partial charge in [-0.05, 0) is 31.7 Å². The maximum atomic E-state index is 11.1. The van der Waals surface area contributed by atoms with Crippen LogP contribution in [0.4, 0.5) is 5.69 Å². The number of aryl methyl sites for hydroxylation is 1. The van der Waals surface area contributed by atoms with E-state index in [9.17, 15) is 15.0 Å². The molecule has 1 aromatic carbocycles. The van der Waals surface area contributed by atoms with Crippen molar-refractivity contribution in [1.82, 2.24) is 15.3 Å². The number of ether oxygens (including phenoxy) is 1. The Balaban J connectivity index is 0.000000366. The molecule has 12 nitrogen and oxygen atoms in total. The predicted octanol–water partition coefficient (Wildman–Crippen LogP) is -1.16. The van der Waals surface area contributed by atoms with Crippen molar-refractivity contribution >= 4 is 23.5 Å². The van der Waals surface area contributed by atoms with Crippen LogP contribution in [0, 0.1) is 6.92 Å². The van der Waals surface area contributed by atoms with E-state index in [-0.39, 0.29) is 23.2 Å². The zero-order chi connectivity index (χ0) is 25.1. The summed E-state index contributed by atoms with van der Waals surface area (Å²) in [7, 11) is 2.98. The summed E-state index contributed by atoms with van der Waals surface area (Å²) in [5, 5.41) is 57.6. The minimum Gasteiger partial charge on any atom is -0.506 e. The number of aromatic hydroxyl groups is 1. The minimum absolute atomic E-state index is 0.0580. The lowest BCUT2D eigenvalue weighted by molar-refractivity contribution is -0.113. The standard InChI is InChI=1S/C13H12ClN3O3.C7H17NO5/c1-7-3-8(11(18)9(14)4-7)5-15-10-6-16-13(19)17-12(10)20-2;1-8-2-4(10)6(12)7(13)5(11)3-9/h3-6,18H,1-2H3,(H,16,17,19);4-13H,2-3H2,1H3. The van der Waals surface area contributed by atoms with Gasteiger partial charge in [0.1, 0.15) is 29.7 Å². The van der Waals surface area contributed by atoms with Crippen LogP contribution >= 0.6 is 11.6 Å². The monoisotopic (exact) mass is 488 g/mol. The van der Waals surface area contributed by atoms with Crippen LogP contribution < -0.4 is 15.7 Å². The van der Waals surface area contributed by atoms with Crippen molar-refractivity contribution in [2.75, 3.05) is 27.3 Å². The van der Waals surface area contributed by atoms with Crippen molar-refractivity contribution in [3.8, 4) is 11.6 Å². The zero-order valence-electron chi connectivity index (χ0n) is 18.3. The topological polar surface area (TPSA) is 201 Å². The van der Waals surface area contributed by atoms with E-state index in [2.05, 4.69) is 20.3 Å². The van der Waals surface area contributed by atoms with Gasteiger partial charge < -0.3 is 40.7 Å². The summed E-state index contributed by atoms with van der Waals surface area (Å²) in [6.45, 7) is 1.28. The molecular formula is C20H29ClN4O8. The first-order valence-electron chi connectivity index (χ1n) is 9.69. The van der Waals surface area contributed by atoms with E-state index in [1.165, 1.54) is 19.5 Å². The first-order chi connectivity index (χ1) is 15.5. The number of nitrogens with one attached hydrogen (secondary N) is 2. The molecule has 0 aliphatic rings. The van der Waals surface area contributed by atoms with Crippen LogP contribution in [0.1, 0.15) is 11.1 Å². The fraction of sp³-hybridized carbons (Fsp3) is 0.450. The number of nitrogens with zero attached hydrogens (tertiary/aromatic N) is 2. The number of hydrogen-bond acceptors (Lipinski definition) is 11. The maximum Gasteiger partial charge on any atom is 0.347 e. The Morgan fingerprint density at radius 2 is 1.88 bits per heavy atom. The Morgan fingerprint density at radius 1 is 1.24 bits per heavy atom. The molecular weight excluding hydrogens is 460 g/mol. The molecule has 33 heavy (non-hydrogen) atoms. The highest BCUT2D eigenvalue weighted by molar-refractivity contribution is 6.32. The highest BCUT2D eigenvalue weighted by Crippen LogP contribution is 2.29. The van der Waals surface area contributed by atoms with E-state index in [1.54, 1.807) is 19.2 Å². The molecule has 184 valence electrons. The number of methoxy groups -OCH3 is 1. The summed E-state index contributed by atoms with van der Waals surface area (Å²) in [6.07, 6.45) is -2.94. The van der Waals surface area contributed by atoms with Crippen molar-refractivity contribution in [2.45, 2.75) is 31.3 Å². The molecule has 4 atom stereocenters. The fourth-order valence-electron chi connectivity index (χ4n) is 2.51. The van der Waals surface area contributed by atoms with Crippen molar-refractivity contribution in [3.05, 3.63) is 45.0 Å². The Labute approximate surface area is 194 Å². The molecule has 2 aromatic rings. The van der Waals surface area contributed by atoms with E-state index in [0.29, 0.717) is 11.3 Å². The highest BCUT2D eigenvalue weighted by Gasteiger charge is 2.29. The highest BCUT2D eigenvalue weighted by atomic mass is 35.5. The number of rotatable bonds is 9. The average Bonchev–Trinajstić information content (AvgIpc) is 2.79. The number of phenolic OH excluding ortho intramolecular Hbond substituents is 1. The quantitative estimate of drug-likeness (QED) is 0.199. The molecule has 4 unspecified atom stereocenters. The van der Waals surface area contributed by atoms with Crippen LogP contribution in [0.15, 0.2) is 28.1 Å². The van der Waals surface area contributed by atoms with E-state index in [4.69, 9.17) is 36.8 Å². The second-order valence-corrected chi connectivity index (χ2v) is 7.31. The normalized spacial score (nSPS) is 14.8. The van der Waals surface area contributed by atoms with Gasteiger partial charge in [0.15, 0.2) is 0 Å². The summed E-state index contributed by atoms with van der Waals surface area (Å²) in [5.74, 6) is 0.136. The van der Waals surface area contributed by atoms with Crippen molar-refractivity contribution in [3.63, 3.8) is 0 Å². The Hall–Kier alpha value is -2.58. The molecule has 0 fully saturated rings. The predicted molar refractivity (Wildman–Crippen MR) is 122 cm³/mol. The average molecular weight is 489 g/mol. The van der Waals surface area contributed by atoms with Gasteiger partial charge in [-0.2, -0.15) is 4.98 Å². The van der Waals surface area contributed by atoms with Gasteiger partial charge in [-0.1, -0.05) is 11.6 Å². The van der Waals surface area contributed by atoms with Crippen molar-refractivity contribution < 1.29 is 35.4 Å². The van der Waals surface area contributed by atoms with Gasteiger partial charge in [-0.15, -0.1) is 0 Å². The van der Waals surface area contributed by atoms with Crippen LogP contribution in [0.3, 0.4) is 0 Å². The van der Waals surface area contributed by atoms with Gasteiger partial charge in [0, 0.05) is 18.3 Å². The molecule has 13 heteroatoms. The third-order valence-electron chi connectivity index (χ3n) is 4.28. The number of likely N-dealkylation sites (N-methyl/N-ethyl adjacent to an activating group) is 1. The number of benzene rings is 1. The van der Waals surface area contributed by atoms with E-state index < -0.39 is 36.7 Å². The number of aromatic nitrogens is 2. The van der Waals surface area contributed by atoms with Gasteiger partial charge in [-0.3, -0.25) is 4.98 Å². The molecule has 8 N–H and O–H groups in total. The number of aliphatic imine (C=N–C) groups is 1. The van der Waals surface area contributed by atoms with Crippen LogP contribution in [-0.4, -0.2) is 98.5 Å². The number of phenols is 1. The summed E-state index contributed by atoms with van der Waals surface area (Å²) in [5.41, 5.74) is 1.16. The number of aliphatic hydroxyl groups is 5. The fourth-order valence-corrected chi connectivity index (χ4v) is 2.79. The second-order valence-electron chi connectivity index (χ2n) is 6.91. The number of aromatic amines is 1. The number of halogens is 1. The second kappa shape index (κ2) is 13.9. The van der Waals surface area contributed by atoms with E-state index in [0.717, 1.165) is 5.56 Å². The van der Waals surface area contributed by atoms with Gasteiger partial charge in [0.05, 0.1) is 31.0 Å². The summed E-state index contributed by atoms with van der Waals surface area (Å²) in [4.78, 5) is 21.2. The molecule has 0 spiro atoms. The Bertz CT molecular complexity index is 972. The van der Waals surface area contributed by atoms with E-state index in [1.807, 2.05) is 6.92 Å². The molecule has 0 amide bonds. The Kier molecular flexibility index (Phi) is 11.9. The molecule has 0 bridgehead atoms. The zero-order valence-corrected chi connectivity index (χ0v) is 19.1. The molecule has 0 saturated heterocycles. The van der Waals surface area contributed by atoms with Gasteiger partial charge in [0.2, 0.25) is 5.88 Å². The van der Waals surface area contributed by atoms with Crippen LogP contribution in [0.5, 0.6) is 11.6 Å². The van der Waals surface area contributed by atoms with Crippen LogP contribution in [0.25, 0.3) is 0 Å². The molecule has 1 heterocycles. The number of H-pyrrole nitrogens is 1. The first kappa shape index (κ1) is 28.5. The van der Waals surface area contributed by atoms with E-state index >= 15 is 0 Å². The Morgan fingerprint density at radius 3 is 2.45 bits per heavy atom. The van der Waals surface area contributed by atoms with Crippen LogP contribution in [-0.2, 0) is 0 Å². The lowest BCUT2D eigenvalue weighted by Gasteiger charge is -2.25. The van der Waals surface area contributed by atoms with Gasteiger partial charge >= 0.3 is 5.69 Å². The smallest absolute Gasteiger partial charge is 0.347 e. The molecule has 1 aromatic heterocycles. The summed E-state index contributed by atoms with van der Waals surface area (Å²) in [6, 6.07) is 3.38. The first-order valence-corrected chi connectivity index (χ1v) is 10.1. The maximum absolute atomic E-state index is 11.1. The van der Waals surface area contributed by atoms with Crippen molar-refractivity contribution in [1.29, 1.82) is 0 Å². The molecule has 2 rings (SSSR count). The van der Waals surface area contributed by atoms with Crippen LogP contribution in [0.2, 0.25) is 5.02 Å². The number of aliphatic hydroxyl groups excluding tert-OH is 5. The molecule has 0 saturated carbocycles. The summed E-state index contributed by atoms with van der Waals surface area (Å²) >= 11 is 5.88. The third-order valence-corrected chi connectivity index (χ3v) is 4.57. The van der Waals surface area contributed by atoms with Gasteiger partial charge in [0.25, 0.3) is 0 Å². The molecule has 0 radical (unpaired) electrons. The molecule has 0 aliphatic heterocycles. The lowest BCUT2D eigenvalue weighted by atomic mass is 10.0. The summed E-state index contributed by atoms with van der Waals surface area (Å²) < 4.78 is 4.99. The SMILES string of the molecule is CNCC(O)C(O)C(O)C(O)CO.COc1[nH]c(=O)ncc1N=Cc1cc(C)cc(Cl)c1O. The molecule has 0 aliphatic carbocycles. The minimum atomic E-state index is -1.55. The lowest BCUT2D eigenvalue weighted by Crippen LogP contribution is -2.48.